The van der Waals surface area contributed by atoms with Gasteiger partial charge in [-0.25, -0.2) is 0 Å². The first-order valence-electron chi connectivity index (χ1n) is 4.24. The zero-order chi connectivity index (χ0) is 8.55. The molecule has 0 radical (unpaired) electrons. The first-order valence-corrected chi connectivity index (χ1v) is 4.61. The van der Waals surface area contributed by atoms with Gasteiger partial charge in [0.25, 0.3) is 0 Å². The van der Waals surface area contributed by atoms with E-state index >= 15 is 0 Å². The van der Waals surface area contributed by atoms with Crippen molar-refractivity contribution < 1.29 is 5.11 Å². The van der Waals surface area contributed by atoms with E-state index in [9.17, 15) is 5.11 Å². The Morgan fingerprint density at radius 1 is 1.42 bits per heavy atom. The number of fused-ring (bicyclic) bond motifs is 1. The minimum absolute atomic E-state index is 0.272. The Labute approximate surface area is 77.0 Å². The van der Waals surface area contributed by atoms with Crippen LogP contribution in [0.3, 0.4) is 0 Å². The van der Waals surface area contributed by atoms with Crippen LogP contribution in [0.25, 0.3) is 0 Å². The molecule has 0 aromatic heterocycles. The molecule has 1 aromatic carbocycles. The normalized spacial score (nSPS) is 22.0. The van der Waals surface area contributed by atoms with Crippen molar-refractivity contribution in [2.24, 2.45) is 0 Å². The second-order valence-corrected chi connectivity index (χ2v) is 3.69. The summed E-state index contributed by atoms with van der Waals surface area (Å²) in [7, 11) is 0. The highest BCUT2D eigenvalue weighted by atomic mass is 35.5. The smallest absolute Gasteiger partial charge is 0.0792 e. The van der Waals surface area contributed by atoms with Crippen LogP contribution in [0.1, 0.15) is 30.1 Å². The van der Waals surface area contributed by atoms with Gasteiger partial charge < -0.3 is 5.11 Å². The fourth-order valence-electron chi connectivity index (χ4n) is 1.76. The molecule has 0 heterocycles. The van der Waals surface area contributed by atoms with Gasteiger partial charge in [-0.3, -0.25) is 0 Å². The molecule has 0 saturated heterocycles. The molecule has 0 saturated carbocycles. The first kappa shape index (κ1) is 8.09. The van der Waals surface area contributed by atoms with Gasteiger partial charge in [-0.2, -0.15) is 0 Å². The van der Waals surface area contributed by atoms with Gasteiger partial charge in [0.1, 0.15) is 0 Å². The maximum atomic E-state index is 9.61. The molecule has 12 heavy (non-hydrogen) atoms. The maximum absolute atomic E-state index is 9.61. The van der Waals surface area contributed by atoms with E-state index in [1.165, 1.54) is 5.56 Å². The Morgan fingerprint density at radius 3 is 3.08 bits per heavy atom. The van der Waals surface area contributed by atoms with Gasteiger partial charge in [-0.15, -0.1) is 0 Å². The summed E-state index contributed by atoms with van der Waals surface area (Å²) < 4.78 is 0. The zero-order valence-electron chi connectivity index (χ0n) is 6.76. The third kappa shape index (κ3) is 1.35. The molecule has 0 fully saturated rings. The average molecular weight is 183 g/mol. The largest absolute Gasteiger partial charge is 0.388 e. The van der Waals surface area contributed by atoms with Crippen LogP contribution in [0.2, 0.25) is 5.02 Å². The van der Waals surface area contributed by atoms with Crippen LogP contribution in [-0.2, 0) is 6.42 Å². The van der Waals surface area contributed by atoms with Crippen LogP contribution in [0.15, 0.2) is 18.2 Å². The fourth-order valence-corrected chi connectivity index (χ4v) is 1.95. The summed E-state index contributed by atoms with van der Waals surface area (Å²) in [6, 6.07) is 5.73. The number of aryl methyl sites for hydroxylation is 1. The summed E-state index contributed by atoms with van der Waals surface area (Å²) in [5, 5.41) is 10.4. The molecule has 0 amide bonds. The van der Waals surface area contributed by atoms with E-state index in [4.69, 9.17) is 11.6 Å². The van der Waals surface area contributed by atoms with Crippen molar-refractivity contribution in [3.05, 3.63) is 34.3 Å². The first-order chi connectivity index (χ1) is 5.77. The van der Waals surface area contributed by atoms with Crippen LogP contribution < -0.4 is 0 Å². The van der Waals surface area contributed by atoms with Crippen LogP contribution in [0.5, 0.6) is 0 Å². The number of benzene rings is 1. The lowest BCUT2D eigenvalue weighted by Crippen LogP contribution is -2.08. The number of hydrogen-bond acceptors (Lipinski definition) is 1. The van der Waals surface area contributed by atoms with Crippen molar-refractivity contribution in [1.29, 1.82) is 0 Å². The molecule has 0 aliphatic heterocycles. The minimum atomic E-state index is -0.272. The van der Waals surface area contributed by atoms with E-state index in [2.05, 4.69) is 0 Å². The van der Waals surface area contributed by atoms with Gasteiger partial charge in [0.15, 0.2) is 0 Å². The lowest BCUT2D eigenvalue weighted by atomic mass is 9.90. The lowest BCUT2D eigenvalue weighted by Gasteiger charge is -2.20. The number of aliphatic hydroxyl groups is 1. The van der Waals surface area contributed by atoms with E-state index in [0.717, 1.165) is 29.8 Å². The number of rotatable bonds is 0. The van der Waals surface area contributed by atoms with Crippen LogP contribution in [-0.4, -0.2) is 5.11 Å². The molecular weight excluding hydrogens is 172 g/mol. The Morgan fingerprint density at radius 2 is 2.25 bits per heavy atom. The van der Waals surface area contributed by atoms with Crippen molar-refractivity contribution in [3.8, 4) is 0 Å². The van der Waals surface area contributed by atoms with Gasteiger partial charge in [0.05, 0.1) is 6.10 Å². The second-order valence-electron chi connectivity index (χ2n) is 3.25. The highest BCUT2D eigenvalue weighted by molar-refractivity contribution is 6.30. The number of hydrogen-bond donors (Lipinski definition) is 1. The monoisotopic (exact) mass is 182 g/mol. The van der Waals surface area contributed by atoms with Gasteiger partial charge in [-0.05, 0) is 42.5 Å². The summed E-state index contributed by atoms with van der Waals surface area (Å²) in [4.78, 5) is 0. The fraction of sp³-hybridized carbons (Fsp3) is 0.400. The Balaban J connectivity index is 2.46. The van der Waals surface area contributed by atoms with Crippen molar-refractivity contribution in [1.82, 2.24) is 0 Å². The van der Waals surface area contributed by atoms with E-state index in [-0.39, 0.29) is 6.10 Å². The maximum Gasteiger partial charge on any atom is 0.0792 e. The lowest BCUT2D eigenvalue weighted by molar-refractivity contribution is 0.156. The number of aliphatic hydroxyl groups excluding tert-OH is 1. The summed E-state index contributed by atoms with van der Waals surface area (Å²) in [5.74, 6) is 0. The van der Waals surface area contributed by atoms with E-state index in [0.29, 0.717) is 0 Å². The molecule has 1 nitrogen and oxygen atoms in total. The minimum Gasteiger partial charge on any atom is -0.388 e. The molecule has 1 atom stereocenters. The molecule has 0 spiro atoms. The van der Waals surface area contributed by atoms with Crippen LogP contribution in [0.4, 0.5) is 0 Å². The second kappa shape index (κ2) is 3.08. The average Bonchev–Trinajstić information content (AvgIpc) is 2.04. The summed E-state index contributed by atoms with van der Waals surface area (Å²) in [5.41, 5.74) is 2.27. The molecule has 2 heteroatoms. The van der Waals surface area contributed by atoms with Gasteiger partial charge in [0, 0.05) is 5.02 Å². The van der Waals surface area contributed by atoms with Crippen molar-refractivity contribution in [2.75, 3.05) is 0 Å². The van der Waals surface area contributed by atoms with Crippen LogP contribution >= 0.6 is 11.6 Å². The Bertz CT molecular complexity index is 296. The quantitative estimate of drug-likeness (QED) is 0.654. The van der Waals surface area contributed by atoms with E-state index in [1.807, 2.05) is 18.2 Å². The summed E-state index contributed by atoms with van der Waals surface area (Å²) >= 11 is 5.84. The molecule has 1 aromatic rings. The highest BCUT2D eigenvalue weighted by Crippen LogP contribution is 2.30. The standard InChI is InChI=1S/C10H11ClO/c11-8-4-5-9-7(6-8)2-1-3-10(9)12/h4-6,10,12H,1-3H2/t10-/m0/s1. The number of halogens is 1. The SMILES string of the molecule is O[C@H]1CCCc2cc(Cl)ccc21. The predicted octanol–water partition coefficient (Wildman–Crippen LogP) is 2.71. The predicted molar refractivity (Wildman–Crippen MR) is 49.3 cm³/mol. The van der Waals surface area contributed by atoms with Gasteiger partial charge in [0.2, 0.25) is 0 Å². The molecular formula is C10H11ClO. The summed E-state index contributed by atoms with van der Waals surface area (Å²) in [6.45, 7) is 0. The topological polar surface area (TPSA) is 20.2 Å². The van der Waals surface area contributed by atoms with Crippen LogP contribution in [0, 0.1) is 0 Å². The third-order valence-electron chi connectivity index (χ3n) is 2.39. The molecule has 64 valence electrons. The molecule has 0 bridgehead atoms. The molecule has 1 aliphatic rings. The highest BCUT2D eigenvalue weighted by Gasteiger charge is 2.17. The van der Waals surface area contributed by atoms with Crippen molar-refractivity contribution in [2.45, 2.75) is 25.4 Å². The molecule has 1 aliphatic carbocycles. The summed E-state index contributed by atoms with van der Waals surface area (Å²) in [6.07, 6.45) is 2.72. The zero-order valence-corrected chi connectivity index (χ0v) is 7.51. The van der Waals surface area contributed by atoms with Gasteiger partial charge in [-0.1, -0.05) is 17.7 Å². The molecule has 2 rings (SSSR count). The molecule has 0 unspecified atom stereocenters. The Hall–Kier alpha value is -0.530. The third-order valence-corrected chi connectivity index (χ3v) is 2.62. The van der Waals surface area contributed by atoms with Crippen molar-refractivity contribution >= 4 is 11.6 Å². The van der Waals surface area contributed by atoms with Crippen molar-refractivity contribution in [3.63, 3.8) is 0 Å². The van der Waals surface area contributed by atoms with Gasteiger partial charge >= 0.3 is 0 Å². The van der Waals surface area contributed by atoms with E-state index < -0.39 is 0 Å². The van der Waals surface area contributed by atoms with E-state index in [1.54, 1.807) is 0 Å². The Kier molecular flexibility index (Phi) is 2.07. The molecule has 1 N–H and O–H groups in total.